The number of nitrogens with zero attached hydrogens (tertiary/aromatic N) is 2. The lowest BCUT2D eigenvalue weighted by atomic mass is 10.2. The van der Waals surface area contributed by atoms with Crippen LogP contribution >= 0.6 is 35.6 Å². The van der Waals surface area contributed by atoms with E-state index in [-0.39, 0.29) is 41.3 Å². The van der Waals surface area contributed by atoms with Crippen LogP contribution in [0, 0.1) is 0 Å². The third-order valence-electron chi connectivity index (χ3n) is 4.25. The minimum absolute atomic E-state index is 0. The summed E-state index contributed by atoms with van der Waals surface area (Å²) in [4.78, 5) is 13.8. The van der Waals surface area contributed by atoms with Crippen LogP contribution in [0.2, 0.25) is 10.0 Å². The maximum atomic E-state index is 12.7. The first-order valence-corrected chi connectivity index (χ1v) is 9.47. The normalized spacial score (nSPS) is 20.4. The Kier molecular flexibility index (Phi) is 5.74. The molecule has 1 saturated carbocycles. The van der Waals surface area contributed by atoms with Crippen molar-refractivity contribution in [2.75, 3.05) is 26.2 Å². The summed E-state index contributed by atoms with van der Waals surface area (Å²) in [5, 5.41) is 0.437. The highest BCUT2D eigenvalue weighted by Crippen LogP contribution is 2.35. The zero-order chi connectivity index (χ0) is 16.8. The summed E-state index contributed by atoms with van der Waals surface area (Å²) >= 11 is 11.9. The standard InChI is InChI=1S/C14H17Cl2N3O3S.ClH/c15-10-1-2-11(16)12(9-10)23(21,22)19-7-5-18(6-8-19)13(20)14(17)3-4-14;/h1-2,9H,3-8,17H2;1H. The number of nitrogens with two attached hydrogens (primary N) is 1. The largest absolute Gasteiger partial charge is 0.338 e. The molecule has 1 heterocycles. The van der Waals surface area contributed by atoms with Gasteiger partial charge in [-0.2, -0.15) is 4.31 Å². The molecule has 1 aromatic carbocycles. The number of rotatable bonds is 3. The highest BCUT2D eigenvalue weighted by Gasteiger charge is 2.48. The van der Waals surface area contributed by atoms with Gasteiger partial charge in [0.1, 0.15) is 4.90 Å². The molecule has 1 amide bonds. The summed E-state index contributed by atoms with van der Waals surface area (Å²) in [6.07, 6.45) is 1.39. The van der Waals surface area contributed by atoms with Crippen LogP contribution in [0.3, 0.4) is 0 Å². The summed E-state index contributed by atoms with van der Waals surface area (Å²) < 4.78 is 26.7. The molecule has 0 atom stereocenters. The van der Waals surface area contributed by atoms with Crippen LogP contribution in [0.4, 0.5) is 0 Å². The summed E-state index contributed by atoms with van der Waals surface area (Å²) in [6.45, 7) is 1.09. The zero-order valence-corrected chi connectivity index (χ0v) is 15.9. The second-order valence-electron chi connectivity index (χ2n) is 5.93. The van der Waals surface area contributed by atoms with Gasteiger partial charge in [-0.05, 0) is 31.0 Å². The van der Waals surface area contributed by atoms with Crippen molar-refractivity contribution in [1.29, 1.82) is 0 Å². The van der Waals surface area contributed by atoms with Crippen LogP contribution in [0.5, 0.6) is 0 Å². The van der Waals surface area contributed by atoms with Crippen molar-refractivity contribution >= 4 is 51.5 Å². The number of hydrogen-bond donors (Lipinski definition) is 1. The van der Waals surface area contributed by atoms with Crippen molar-refractivity contribution in [3.63, 3.8) is 0 Å². The van der Waals surface area contributed by atoms with E-state index in [1.807, 2.05) is 0 Å². The molecule has 2 N–H and O–H groups in total. The van der Waals surface area contributed by atoms with E-state index < -0.39 is 15.6 Å². The number of piperazine rings is 1. The quantitative estimate of drug-likeness (QED) is 0.816. The van der Waals surface area contributed by atoms with Crippen LogP contribution in [0.15, 0.2) is 23.1 Å². The van der Waals surface area contributed by atoms with E-state index in [4.69, 9.17) is 28.9 Å². The lowest BCUT2D eigenvalue weighted by Crippen LogP contribution is -2.55. The summed E-state index contributed by atoms with van der Waals surface area (Å²) in [5.74, 6) is -0.0877. The molecule has 2 fully saturated rings. The number of halogens is 3. The van der Waals surface area contributed by atoms with Gasteiger partial charge in [0.05, 0.1) is 10.6 Å². The van der Waals surface area contributed by atoms with Crippen LogP contribution in [0.25, 0.3) is 0 Å². The van der Waals surface area contributed by atoms with Crippen molar-refractivity contribution in [3.8, 4) is 0 Å². The molecule has 0 bridgehead atoms. The van der Waals surface area contributed by atoms with Crippen molar-refractivity contribution < 1.29 is 13.2 Å². The van der Waals surface area contributed by atoms with Crippen molar-refractivity contribution in [1.82, 2.24) is 9.21 Å². The summed E-state index contributed by atoms with van der Waals surface area (Å²) in [5.41, 5.74) is 5.19. The number of carbonyl (C=O) groups excluding carboxylic acids is 1. The van der Waals surface area contributed by atoms with Gasteiger partial charge in [0.25, 0.3) is 0 Å². The molecular formula is C14H18Cl3N3O3S. The fourth-order valence-corrected chi connectivity index (χ4v) is 4.77. The van der Waals surface area contributed by atoms with Gasteiger partial charge in [0, 0.05) is 31.2 Å². The lowest BCUT2D eigenvalue weighted by Gasteiger charge is -2.35. The summed E-state index contributed by atoms with van der Waals surface area (Å²) in [7, 11) is -3.74. The maximum Gasteiger partial charge on any atom is 0.244 e. The van der Waals surface area contributed by atoms with E-state index in [0.717, 1.165) is 0 Å². The molecule has 24 heavy (non-hydrogen) atoms. The predicted molar refractivity (Wildman–Crippen MR) is 95.2 cm³/mol. The van der Waals surface area contributed by atoms with Gasteiger partial charge in [-0.25, -0.2) is 8.42 Å². The number of amides is 1. The topological polar surface area (TPSA) is 83.7 Å². The molecule has 134 valence electrons. The average Bonchev–Trinajstić information content (AvgIpc) is 3.28. The molecule has 0 aromatic heterocycles. The summed E-state index contributed by atoms with van der Waals surface area (Å²) in [6, 6.07) is 4.34. The van der Waals surface area contributed by atoms with Gasteiger partial charge in [0.2, 0.25) is 15.9 Å². The molecule has 1 aliphatic carbocycles. The third kappa shape index (κ3) is 3.66. The van der Waals surface area contributed by atoms with Gasteiger partial charge in [0.15, 0.2) is 0 Å². The second kappa shape index (κ2) is 6.97. The molecule has 1 aromatic rings. The fraction of sp³-hybridized carbons (Fsp3) is 0.500. The van der Waals surface area contributed by atoms with Crippen LogP contribution in [0.1, 0.15) is 12.8 Å². The highest BCUT2D eigenvalue weighted by atomic mass is 35.5. The molecular weight excluding hydrogens is 397 g/mol. The van der Waals surface area contributed by atoms with Crippen molar-refractivity contribution in [2.24, 2.45) is 5.73 Å². The minimum atomic E-state index is -3.74. The zero-order valence-electron chi connectivity index (χ0n) is 12.7. The Morgan fingerprint density at radius 2 is 1.71 bits per heavy atom. The number of carbonyl (C=O) groups is 1. The molecule has 1 saturated heterocycles. The SMILES string of the molecule is Cl.NC1(C(=O)N2CCN(S(=O)(=O)c3cc(Cl)ccc3Cl)CC2)CC1. The third-order valence-corrected chi connectivity index (χ3v) is 6.87. The van der Waals surface area contributed by atoms with E-state index in [2.05, 4.69) is 0 Å². The molecule has 2 aliphatic rings. The molecule has 0 radical (unpaired) electrons. The molecule has 3 rings (SSSR count). The van der Waals surface area contributed by atoms with Gasteiger partial charge >= 0.3 is 0 Å². The van der Waals surface area contributed by atoms with E-state index in [1.165, 1.54) is 22.5 Å². The Morgan fingerprint density at radius 3 is 2.25 bits per heavy atom. The van der Waals surface area contributed by atoms with Gasteiger partial charge in [-0.15, -0.1) is 12.4 Å². The Hall–Kier alpha value is -0.570. The molecule has 0 unspecified atom stereocenters. The molecule has 0 spiro atoms. The van der Waals surface area contributed by atoms with E-state index in [0.29, 0.717) is 31.0 Å². The molecule has 10 heteroatoms. The van der Waals surface area contributed by atoms with Crippen LogP contribution in [-0.2, 0) is 14.8 Å². The van der Waals surface area contributed by atoms with Crippen LogP contribution < -0.4 is 5.73 Å². The lowest BCUT2D eigenvalue weighted by molar-refractivity contribution is -0.134. The van der Waals surface area contributed by atoms with E-state index in [9.17, 15) is 13.2 Å². The van der Waals surface area contributed by atoms with Crippen LogP contribution in [-0.4, -0.2) is 55.2 Å². The van der Waals surface area contributed by atoms with Gasteiger partial charge < -0.3 is 10.6 Å². The maximum absolute atomic E-state index is 12.7. The first-order chi connectivity index (χ1) is 10.7. The second-order valence-corrected chi connectivity index (χ2v) is 8.68. The first-order valence-electron chi connectivity index (χ1n) is 7.27. The smallest absolute Gasteiger partial charge is 0.244 e. The first kappa shape index (κ1) is 19.8. The van der Waals surface area contributed by atoms with E-state index in [1.54, 1.807) is 4.90 Å². The van der Waals surface area contributed by atoms with Gasteiger partial charge in [-0.3, -0.25) is 4.79 Å². The molecule has 1 aliphatic heterocycles. The Bertz CT molecular complexity index is 745. The monoisotopic (exact) mass is 413 g/mol. The number of hydrogen-bond acceptors (Lipinski definition) is 4. The van der Waals surface area contributed by atoms with Crippen molar-refractivity contribution in [3.05, 3.63) is 28.2 Å². The Balaban J connectivity index is 0.00000208. The highest BCUT2D eigenvalue weighted by molar-refractivity contribution is 7.89. The Labute approximate surface area is 157 Å². The van der Waals surface area contributed by atoms with Crippen molar-refractivity contribution in [2.45, 2.75) is 23.3 Å². The predicted octanol–water partition coefficient (Wildman–Crippen LogP) is 1.74. The fourth-order valence-electron chi connectivity index (χ4n) is 2.61. The Morgan fingerprint density at radius 1 is 1.12 bits per heavy atom. The number of benzene rings is 1. The van der Waals surface area contributed by atoms with E-state index >= 15 is 0 Å². The van der Waals surface area contributed by atoms with Gasteiger partial charge in [-0.1, -0.05) is 23.2 Å². The molecule has 6 nitrogen and oxygen atoms in total. The average molecular weight is 415 g/mol. The minimum Gasteiger partial charge on any atom is -0.338 e. The number of sulfonamides is 1.